The predicted octanol–water partition coefficient (Wildman–Crippen LogP) is 3.63. The molecule has 0 radical (unpaired) electrons. The van der Waals surface area contributed by atoms with Gasteiger partial charge in [-0.05, 0) is 54.1 Å². The number of nitrogens with one attached hydrogen (secondary N) is 1. The zero-order valence-electron chi connectivity index (χ0n) is 16.6. The fourth-order valence-corrected chi connectivity index (χ4v) is 2.99. The van der Waals surface area contributed by atoms with E-state index in [1.165, 1.54) is 14.2 Å². The summed E-state index contributed by atoms with van der Waals surface area (Å²) in [4.78, 5) is 38.7. The van der Waals surface area contributed by atoms with E-state index in [0.717, 1.165) is 0 Å². The Kier molecular flexibility index (Phi) is 6.60. The number of ketones is 1. The molecule has 0 aliphatic carbocycles. The largest absolute Gasteiger partial charge is 0.497 e. The highest BCUT2D eigenvalue weighted by molar-refractivity contribution is 6.18. The minimum absolute atomic E-state index is 0.285. The molecule has 0 saturated carbocycles. The molecule has 2 amide bonds. The number of imide groups is 1. The number of carbonyl (C=O) groups is 3. The number of hydrogen-bond acceptors (Lipinski definition) is 5. The average molecular weight is 403 g/mol. The van der Waals surface area contributed by atoms with Crippen molar-refractivity contribution in [2.45, 2.75) is 5.92 Å². The summed E-state index contributed by atoms with van der Waals surface area (Å²) in [6.45, 7) is 0. The molecule has 6 heteroatoms. The minimum atomic E-state index is -1.17. The summed E-state index contributed by atoms with van der Waals surface area (Å²) >= 11 is 0. The summed E-state index contributed by atoms with van der Waals surface area (Å²) in [7, 11) is 3.05. The smallest absolute Gasteiger partial charge is 0.257 e. The standard InChI is InChI=1S/C24H21NO5/c1-29-19-12-8-17(9-13-19)22(26)21(16-6-4-3-5-7-16)24(28)25-23(27)18-10-14-20(30-2)15-11-18/h3-15,21H,1-2H3,(H,25,27,28). The van der Waals surface area contributed by atoms with Crippen molar-refractivity contribution < 1.29 is 23.9 Å². The number of rotatable bonds is 7. The van der Waals surface area contributed by atoms with Gasteiger partial charge in [-0.15, -0.1) is 0 Å². The van der Waals surface area contributed by atoms with Gasteiger partial charge in [-0.1, -0.05) is 30.3 Å². The molecule has 1 atom stereocenters. The van der Waals surface area contributed by atoms with E-state index in [4.69, 9.17) is 9.47 Å². The monoisotopic (exact) mass is 403 g/mol. The highest BCUT2D eigenvalue weighted by atomic mass is 16.5. The molecule has 0 spiro atoms. The number of amides is 2. The van der Waals surface area contributed by atoms with Crippen LogP contribution in [-0.2, 0) is 4.79 Å². The number of Topliss-reactive ketones (excluding diaryl/α,β-unsaturated/α-hetero) is 1. The normalized spacial score (nSPS) is 11.3. The number of methoxy groups -OCH3 is 2. The Labute approximate surface area is 174 Å². The van der Waals surface area contributed by atoms with Gasteiger partial charge in [0.2, 0.25) is 5.91 Å². The molecular weight excluding hydrogens is 382 g/mol. The lowest BCUT2D eigenvalue weighted by Crippen LogP contribution is -2.37. The molecule has 0 aliphatic heterocycles. The van der Waals surface area contributed by atoms with Crippen molar-refractivity contribution >= 4 is 17.6 Å². The number of hydrogen-bond donors (Lipinski definition) is 1. The fourth-order valence-electron chi connectivity index (χ4n) is 2.99. The molecule has 3 rings (SSSR count). The third-order valence-electron chi connectivity index (χ3n) is 4.62. The topological polar surface area (TPSA) is 81.7 Å². The van der Waals surface area contributed by atoms with Crippen LogP contribution in [0.4, 0.5) is 0 Å². The van der Waals surface area contributed by atoms with E-state index < -0.39 is 23.5 Å². The van der Waals surface area contributed by atoms with Crippen molar-refractivity contribution in [1.29, 1.82) is 0 Å². The molecule has 3 aromatic carbocycles. The van der Waals surface area contributed by atoms with Gasteiger partial charge in [0.25, 0.3) is 5.91 Å². The van der Waals surface area contributed by atoms with Crippen LogP contribution in [0.15, 0.2) is 78.9 Å². The predicted molar refractivity (Wildman–Crippen MR) is 112 cm³/mol. The minimum Gasteiger partial charge on any atom is -0.497 e. The van der Waals surface area contributed by atoms with Gasteiger partial charge in [0.15, 0.2) is 5.78 Å². The third-order valence-corrected chi connectivity index (χ3v) is 4.62. The van der Waals surface area contributed by atoms with E-state index in [-0.39, 0.29) is 5.56 Å². The second-order valence-electron chi connectivity index (χ2n) is 6.48. The lowest BCUT2D eigenvalue weighted by molar-refractivity contribution is -0.120. The van der Waals surface area contributed by atoms with Gasteiger partial charge in [0, 0.05) is 11.1 Å². The lowest BCUT2D eigenvalue weighted by atomic mass is 9.89. The van der Waals surface area contributed by atoms with Gasteiger partial charge in [0.05, 0.1) is 14.2 Å². The zero-order chi connectivity index (χ0) is 21.5. The van der Waals surface area contributed by atoms with Crippen molar-refractivity contribution in [2.24, 2.45) is 0 Å². The van der Waals surface area contributed by atoms with E-state index in [9.17, 15) is 14.4 Å². The van der Waals surface area contributed by atoms with E-state index in [2.05, 4.69) is 5.32 Å². The molecular formula is C24H21NO5. The van der Waals surface area contributed by atoms with Crippen LogP contribution in [0.5, 0.6) is 11.5 Å². The molecule has 0 fully saturated rings. The SMILES string of the molecule is COc1ccc(C(=O)NC(=O)C(C(=O)c2ccc(OC)cc2)c2ccccc2)cc1. The van der Waals surface area contributed by atoms with Gasteiger partial charge in [0.1, 0.15) is 17.4 Å². The molecule has 0 aliphatic rings. The fraction of sp³-hybridized carbons (Fsp3) is 0.125. The van der Waals surface area contributed by atoms with Crippen LogP contribution in [0.3, 0.4) is 0 Å². The van der Waals surface area contributed by atoms with Crippen LogP contribution in [0, 0.1) is 0 Å². The summed E-state index contributed by atoms with van der Waals surface area (Å²) in [6.07, 6.45) is 0. The Morgan fingerprint density at radius 2 is 1.20 bits per heavy atom. The molecule has 0 aromatic heterocycles. The van der Waals surface area contributed by atoms with Crippen molar-refractivity contribution in [2.75, 3.05) is 14.2 Å². The van der Waals surface area contributed by atoms with Crippen molar-refractivity contribution in [3.05, 3.63) is 95.6 Å². The number of ether oxygens (including phenoxy) is 2. The molecule has 1 unspecified atom stereocenters. The lowest BCUT2D eigenvalue weighted by Gasteiger charge is -2.16. The molecule has 3 aromatic rings. The molecule has 0 bridgehead atoms. The van der Waals surface area contributed by atoms with Crippen LogP contribution >= 0.6 is 0 Å². The summed E-state index contributed by atoms with van der Waals surface area (Å²) in [5.41, 5.74) is 1.13. The van der Waals surface area contributed by atoms with Gasteiger partial charge in [-0.25, -0.2) is 0 Å². The highest BCUT2D eigenvalue weighted by Crippen LogP contribution is 2.23. The molecule has 0 saturated heterocycles. The van der Waals surface area contributed by atoms with E-state index in [1.807, 2.05) is 0 Å². The molecule has 152 valence electrons. The first kappa shape index (κ1) is 20.8. The Bertz CT molecular complexity index is 1030. The first-order valence-corrected chi connectivity index (χ1v) is 9.26. The van der Waals surface area contributed by atoms with Gasteiger partial charge in [-0.2, -0.15) is 0 Å². The summed E-state index contributed by atoms with van der Waals surface area (Å²) in [5.74, 6) is -1.67. The van der Waals surface area contributed by atoms with E-state index in [0.29, 0.717) is 22.6 Å². The van der Waals surface area contributed by atoms with Crippen molar-refractivity contribution in [3.63, 3.8) is 0 Å². The summed E-state index contributed by atoms with van der Waals surface area (Å²) < 4.78 is 10.2. The Morgan fingerprint density at radius 3 is 1.70 bits per heavy atom. The third kappa shape index (κ3) is 4.72. The second kappa shape index (κ2) is 9.52. The summed E-state index contributed by atoms with van der Waals surface area (Å²) in [5, 5.41) is 2.34. The second-order valence-corrected chi connectivity index (χ2v) is 6.48. The molecule has 30 heavy (non-hydrogen) atoms. The maximum atomic E-state index is 13.2. The Balaban J connectivity index is 1.86. The number of carbonyl (C=O) groups excluding carboxylic acids is 3. The number of benzene rings is 3. The maximum absolute atomic E-state index is 13.2. The first-order valence-electron chi connectivity index (χ1n) is 9.26. The van der Waals surface area contributed by atoms with Crippen LogP contribution in [0.2, 0.25) is 0 Å². The average Bonchev–Trinajstić information content (AvgIpc) is 2.80. The highest BCUT2D eigenvalue weighted by Gasteiger charge is 2.30. The van der Waals surface area contributed by atoms with Crippen LogP contribution in [0.1, 0.15) is 32.2 Å². The molecule has 1 N–H and O–H groups in total. The van der Waals surface area contributed by atoms with Gasteiger partial charge < -0.3 is 9.47 Å². The van der Waals surface area contributed by atoms with E-state index >= 15 is 0 Å². The van der Waals surface area contributed by atoms with E-state index in [1.54, 1.807) is 78.9 Å². The summed E-state index contributed by atoms with van der Waals surface area (Å²) in [6, 6.07) is 21.5. The molecule has 0 heterocycles. The maximum Gasteiger partial charge on any atom is 0.257 e. The van der Waals surface area contributed by atoms with Gasteiger partial charge in [-0.3, -0.25) is 19.7 Å². The zero-order valence-corrected chi connectivity index (χ0v) is 16.6. The van der Waals surface area contributed by atoms with Crippen LogP contribution in [-0.4, -0.2) is 31.8 Å². The van der Waals surface area contributed by atoms with Crippen LogP contribution in [0.25, 0.3) is 0 Å². The Morgan fingerprint density at radius 1 is 0.700 bits per heavy atom. The van der Waals surface area contributed by atoms with Crippen molar-refractivity contribution in [1.82, 2.24) is 5.32 Å². The molecule has 6 nitrogen and oxygen atoms in total. The quantitative estimate of drug-likeness (QED) is 0.481. The van der Waals surface area contributed by atoms with Crippen LogP contribution < -0.4 is 14.8 Å². The first-order chi connectivity index (χ1) is 14.5. The van der Waals surface area contributed by atoms with Crippen molar-refractivity contribution in [3.8, 4) is 11.5 Å². The Hall–Kier alpha value is -3.93. The van der Waals surface area contributed by atoms with Gasteiger partial charge >= 0.3 is 0 Å².